The molecule has 1 saturated heterocycles. The summed E-state index contributed by atoms with van der Waals surface area (Å²) in [6.07, 6.45) is 3.11. The highest BCUT2D eigenvalue weighted by Crippen LogP contribution is 2.31. The number of morpholine rings is 1. The molecule has 212 valence electrons. The highest BCUT2D eigenvalue weighted by Gasteiger charge is 2.26. The fourth-order valence-corrected chi connectivity index (χ4v) is 4.82. The Morgan fingerprint density at radius 1 is 1.05 bits per heavy atom. The van der Waals surface area contributed by atoms with Crippen LogP contribution in [0.25, 0.3) is 11.3 Å². The van der Waals surface area contributed by atoms with Crippen LogP contribution in [0.4, 0.5) is 17.2 Å². The molecule has 0 saturated carbocycles. The van der Waals surface area contributed by atoms with Crippen LogP contribution in [0.1, 0.15) is 42.3 Å². The van der Waals surface area contributed by atoms with Crippen LogP contribution in [0.2, 0.25) is 0 Å². The number of carbonyl (C=O) groups excluding carboxylic acids is 1. The van der Waals surface area contributed by atoms with Gasteiger partial charge in [-0.05, 0) is 47.7 Å². The molecule has 2 aromatic heterocycles. The largest absolute Gasteiger partial charge is 0.379 e. The molecular weight excluding hydrogens is 518 g/mol. The van der Waals surface area contributed by atoms with Gasteiger partial charge < -0.3 is 10.1 Å². The number of nitrogens with one attached hydrogen (secondary N) is 1. The third-order valence-electron chi connectivity index (χ3n) is 7.20. The van der Waals surface area contributed by atoms with E-state index in [1.807, 2.05) is 59.4 Å². The van der Waals surface area contributed by atoms with Crippen LogP contribution in [0.3, 0.4) is 0 Å². The smallest absolute Gasteiger partial charge is 0.291 e. The lowest BCUT2D eigenvalue weighted by Gasteiger charge is -2.37. The predicted octanol–water partition coefficient (Wildman–Crippen LogP) is 4.48. The Kier molecular flexibility index (Phi) is 7.96. The number of aryl methyl sites for hydroxylation is 1. The van der Waals surface area contributed by atoms with Crippen molar-refractivity contribution in [3.63, 3.8) is 0 Å². The fourth-order valence-electron chi connectivity index (χ4n) is 4.82. The van der Waals surface area contributed by atoms with E-state index in [2.05, 4.69) is 41.2 Å². The normalized spacial score (nSPS) is 14.1. The van der Waals surface area contributed by atoms with Crippen LogP contribution >= 0.6 is 0 Å². The van der Waals surface area contributed by atoms with Crippen LogP contribution in [0.15, 0.2) is 71.9 Å². The van der Waals surface area contributed by atoms with Gasteiger partial charge in [-0.25, -0.2) is 19.7 Å². The van der Waals surface area contributed by atoms with E-state index in [0.717, 1.165) is 16.7 Å². The Bertz CT molecular complexity index is 1590. The number of hydrogen-bond acceptors (Lipinski definition) is 8. The molecule has 1 fully saturated rings. The van der Waals surface area contributed by atoms with Gasteiger partial charge in [-0.1, -0.05) is 45.0 Å². The number of carbonyl (C=O) groups is 1. The number of amides is 1. The summed E-state index contributed by atoms with van der Waals surface area (Å²) in [6.45, 7) is 10.6. The van der Waals surface area contributed by atoms with Crippen molar-refractivity contribution in [2.24, 2.45) is 7.05 Å². The maximum Gasteiger partial charge on any atom is 0.291 e. The number of aromatic nitrogens is 4. The van der Waals surface area contributed by atoms with Crippen LogP contribution in [0.5, 0.6) is 0 Å². The third kappa shape index (κ3) is 6.03. The lowest BCUT2D eigenvalue weighted by atomic mass is 9.86. The standard InChI is InChI=1S/C31H35N7O3/c1-21-24(7-6-8-25(21)34-29(39)22-9-11-23(12-10-22)31(2,3)4)26-19-27(30(40)36(5)35-26)38(28-13-14-32-20-33-28)37-15-17-41-18-16-37/h6-14,19-20H,15-18H2,1-5H3,(H,34,39). The van der Waals surface area contributed by atoms with Gasteiger partial charge in [0, 0.05) is 49.2 Å². The molecule has 1 aliphatic heterocycles. The number of hydrogen-bond donors (Lipinski definition) is 1. The monoisotopic (exact) mass is 553 g/mol. The van der Waals surface area contributed by atoms with E-state index < -0.39 is 0 Å². The zero-order valence-electron chi connectivity index (χ0n) is 24.1. The van der Waals surface area contributed by atoms with Gasteiger partial charge in [0.1, 0.15) is 12.0 Å². The number of anilines is 3. The predicted molar refractivity (Wildman–Crippen MR) is 159 cm³/mol. The van der Waals surface area contributed by atoms with Crippen molar-refractivity contribution in [1.29, 1.82) is 0 Å². The van der Waals surface area contributed by atoms with Gasteiger partial charge in [-0.3, -0.25) is 14.6 Å². The van der Waals surface area contributed by atoms with Crippen molar-refractivity contribution in [2.75, 3.05) is 36.6 Å². The highest BCUT2D eigenvalue weighted by molar-refractivity contribution is 6.05. The number of rotatable bonds is 6. The van der Waals surface area contributed by atoms with E-state index in [4.69, 9.17) is 4.74 Å². The minimum Gasteiger partial charge on any atom is -0.379 e. The van der Waals surface area contributed by atoms with Crippen molar-refractivity contribution in [3.05, 3.63) is 94.2 Å². The molecule has 1 aliphatic rings. The number of nitrogens with zero attached hydrogens (tertiary/aromatic N) is 6. The molecule has 10 nitrogen and oxygen atoms in total. The molecule has 0 aliphatic carbocycles. The summed E-state index contributed by atoms with van der Waals surface area (Å²) in [6, 6.07) is 16.9. The quantitative estimate of drug-likeness (QED) is 0.373. The number of ether oxygens (including phenoxy) is 1. The first kappa shape index (κ1) is 28.1. The van der Waals surface area contributed by atoms with Gasteiger partial charge in [0.2, 0.25) is 0 Å². The zero-order chi connectivity index (χ0) is 29.1. The lowest BCUT2D eigenvalue weighted by molar-refractivity contribution is 0.0373. The summed E-state index contributed by atoms with van der Waals surface area (Å²) < 4.78 is 6.88. The van der Waals surface area contributed by atoms with Crippen molar-refractivity contribution in [1.82, 2.24) is 24.8 Å². The molecule has 5 rings (SSSR count). The Balaban J connectivity index is 1.50. The van der Waals surface area contributed by atoms with E-state index in [1.54, 1.807) is 25.4 Å². The molecule has 1 N–H and O–H groups in total. The molecule has 10 heteroatoms. The first-order valence-electron chi connectivity index (χ1n) is 13.6. The summed E-state index contributed by atoms with van der Waals surface area (Å²) in [5.74, 6) is 0.383. The summed E-state index contributed by atoms with van der Waals surface area (Å²) in [5, 5.41) is 11.5. The third-order valence-corrected chi connectivity index (χ3v) is 7.20. The van der Waals surface area contributed by atoms with E-state index in [1.165, 1.54) is 11.0 Å². The zero-order valence-corrected chi connectivity index (χ0v) is 24.1. The van der Waals surface area contributed by atoms with Gasteiger partial charge in [-0.2, -0.15) is 5.10 Å². The molecule has 0 unspecified atom stereocenters. The Labute approximate surface area is 239 Å². The average Bonchev–Trinajstić information content (AvgIpc) is 2.97. The second kappa shape index (κ2) is 11.6. The molecule has 0 spiro atoms. The summed E-state index contributed by atoms with van der Waals surface area (Å²) >= 11 is 0. The summed E-state index contributed by atoms with van der Waals surface area (Å²) in [5.41, 5.74) is 4.80. The van der Waals surface area contributed by atoms with Gasteiger partial charge in [0.15, 0.2) is 5.82 Å². The van der Waals surface area contributed by atoms with E-state index in [-0.39, 0.29) is 16.9 Å². The molecule has 0 radical (unpaired) electrons. The van der Waals surface area contributed by atoms with Crippen LogP contribution in [-0.4, -0.2) is 57.0 Å². The molecule has 0 atom stereocenters. The SMILES string of the molecule is Cc1c(NC(=O)c2ccc(C(C)(C)C)cc2)cccc1-c1cc(N(c2ccncn2)N2CCOCC2)c(=O)n(C)n1. The molecule has 1 amide bonds. The summed E-state index contributed by atoms with van der Waals surface area (Å²) in [7, 11) is 1.63. The maximum atomic E-state index is 13.5. The summed E-state index contributed by atoms with van der Waals surface area (Å²) in [4.78, 5) is 35.1. The van der Waals surface area contributed by atoms with E-state index in [9.17, 15) is 9.59 Å². The van der Waals surface area contributed by atoms with Crippen molar-refractivity contribution >= 4 is 23.1 Å². The first-order valence-corrected chi connectivity index (χ1v) is 13.6. The van der Waals surface area contributed by atoms with Gasteiger partial charge >= 0.3 is 0 Å². The maximum absolute atomic E-state index is 13.5. The molecular formula is C31H35N7O3. The second-order valence-electron chi connectivity index (χ2n) is 11.0. The second-order valence-corrected chi connectivity index (χ2v) is 11.0. The van der Waals surface area contributed by atoms with Crippen LogP contribution < -0.4 is 15.9 Å². The highest BCUT2D eigenvalue weighted by atomic mass is 16.5. The van der Waals surface area contributed by atoms with Crippen molar-refractivity contribution < 1.29 is 9.53 Å². The van der Waals surface area contributed by atoms with Crippen molar-refractivity contribution in [3.8, 4) is 11.3 Å². The Morgan fingerprint density at radius 3 is 2.44 bits per heavy atom. The molecule has 2 aromatic carbocycles. The van der Waals surface area contributed by atoms with Crippen LogP contribution in [-0.2, 0) is 17.2 Å². The molecule has 41 heavy (non-hydrogen) atoms. The first-order chi connectivity index (χ1) is 19.6. The average molecular weight is 554 g/mol. The van der Waals surface area contributed by atoms with E-state index in [0.29, 0.717) is 54.8 Å². The minimum absolute atomic E-state index is 0.00633. The molecule has 3 heterocycles. The minimum atomic E-state index is -0.264. The van der Waals surface area contributed by atoms with Gasteiger partial charge in [0.05, 0.1) is 18.9 Å². The van der Waals surface area contributed by atoms with Gasteiger partial charge in [0.25, 0.3) is 11.5 Å². The molecule has 4 aromatic rings. The Hall–Kier alpha value is -4.41. The fraction of sp³-hybridized carbons (Fsp3) is 0.323. The lowest BCUT2D eigenvalue weighted by Crippen LogP contribution is -2.49. The Morgan fingerprint density at radius 2 is 1.78 bits per heavy atom. The number of benzene rings is 2. The topological polar surface area (TPSA) is 105 Å². The molecule has 0 bridgehead atoms. The van der Waals surface area contributed by atoms with E-state index >= 15 is 0 Å². The van der Waals surface area contributed by atoms with Gasteiger partial charge in [-0.15, -0.1) is 0 Å². The number of hydrazine groups is 1. The van der Waals surface area contributed by atoms with Crippen molar-refractivity contribution in [2.45, 2.75) is 33.1 Å². The van der Waals surface area contributed by atoms with Crippen LogP contribution in [0, 0.1) is 6.92 Å².